The number of aliphatic carboxylic acids is 1. The maximum absolute atomic E-state index is 13.3. The smallest absolute Gasteiger partial charge is 0.304 e. The molecule has 7 heteroatoms. The summed E-state index contributed by atoms with van der Waals surface area (Å²) in [5, 5.41) is 11.8. The number of nitrogens with zero attached hydrogens (tertiary/aromatic N) is 3. The summed E-state index contributed by atoms with van der Waals surface area (Å²) in [5.74, 6) is -1.94. The van der Waals surface area contributed by atoms with Gasteiger partial charge in [-0.2, -0.15) is 0 Å². The summed E-state index contributed by atoms with van der Waals surface area (Å²) >= 11 is 1.36. The van der Waals surface area contributed by atoms with Crippen molar-refractivity contribution in [3.8, 4) is 22.4 Å². The third-order valence-electron chi connectivity index (χ3n) is 5.63. The molecule has 1 amide bonds. The molecule has 0 aliphatic rings. The molecule has 6 nitrogen and oxygen atoms in total. The summed E-state index contributed by atoms with van der Waals surface area (Å²) in [7, 11) is 1.65. The van der Waals surface area contributed by atoms with Crippen molar-refractivity contribution in [1.29, 1.82) is 0 Å². The molecule has 0 radical (unpaired) electrons. The molecule has 0 unspecified atom stereocenters. The number of anilines is 1. The fourth-order valence-corrected chi connectivity index (χ4v) is 4.65. The molecule has 0 saturated carbocycles. The maximum Gasteiger partial charge on any atom is 0.304 e. The molecule has 1 N–H and O–H groups in total. The second-order valence-corrected chi connectivity index (χ2v) is 8.97. The number of benzene rings is 2. The third-order valence-corrected chi connectivity index (χ3v) is 6.55. The number of hydrogen-bond acceptors (Lipinski definition) is 5. The minimum Gasteiger partial charge on any atom is -0.481 e. The lowest BCUT2D eigenvalue weighted by Gasteiger charge is -2.21. The van der Waals surface area contributed by atoms with E-state index in [2.05, 4.69) is 4.98 Å². The van der Waals surface area contributed by atoms with E-state index < -0.39 is 11.9 Å². The van der Waals surface area contributed by atoms with Gasteiger partial charge in [0.25, 0.3) is 0 Å². The quantitative estimate of drug-likeness (QED) is 0.368. The van der Waals surface area contributed by atoms with E-state index in [1.165, 1.54) is 16.2 Å². The Labute approximate surface area is 202 Å². The van der Waals surface area contributed by atoms with Crippen molar-refractivity contribution in [2.24, 2.45) is 5.92 Å². The second kappa shape index (κ2) is 10.4. The Morgan fingerprint density at radius 1 is 1.00 bits per heavy atom. The number of carbonyl (C=O) groups excluding carboxylic acids is 1. The minimum atomic E-state index is -0.997. The molecule has 4 rings (SSSR count). The van der Waals surface area contributed by atoms with Crippen LogP contribution in [0.25, 0.3) is 22.4 Å². The Bertz CT molecular complexity index is 1290. The van der Waals surface area contributed by atoms with E-state index in [1.807, 2.05) is 85.2 Å². The van der Waals surface area contributed by atoms with Gasteiger partial charge in [0, 0.05) is 35.4 Å². The van der Waals surface area contributed by atoms with E-state index in [1.54, 1.807) is 7.05 Å². The topological polar surface area (TPSA) is 83.4 Å². The van der Waals surface area contributed by atoms with Crippen LogP contribution in [0.5, 0.6) is 0 Å². The molecule has 2 aromatic heterocycles. The summed E-state index contributed by atoms with van der Waals surface area (Å²) in [6, 6.07) is 21.4. The predicted octanol–water partition coefficient (Wildman–Crippen LogP) is 5.48. The number of carbonyl (C=O) groups is 2. The molecule has 34 heavy (non-hydrogen) atoms. The molecule has 2 aromatic carbocycles. The molecule has 0 aliphatic heterocycles. The molecule has 0 aliphatic carbocycles. The Hall–Kier alpha value is -3.84. The van der Waals surface area contributed by atoms with E-state index in [-0.39, 0.29) is 12.3 Å². The highest BCUT2D eigenvalue weighted by Crippen LogP contribution is 2.34. The summed E-state index contributed by atoms with van der Waals surface area (Å²) in [4.78, 5) is 35.3. The first-order valence-electron chi connectivity index (χ1n) is 10.9. The van der Waals surface area contributed by atoms with Gasteiger partial charge in [0.15, 0.2) is 5.13 Å². The number of pyridine rings is 1. The van der Waals surface area contributed by atoms with Gasteiger partial charge in [-0.1, -0.05) is 60.7 Å². The first-order valence-corrected chi connectivity index (χ1v) is 11.8. The van der Waals surface area contributed by atoms with E-state index in [4.69, 9.17) is 4.98 Å². The number of hydrogen-bond donors (Lipinski definition) is 1. The molecule has 2 heterocycles. The second-order valence-electron chi connectivity index (χ2n) is 8.13. The Balaban J connectivity index is 1.59. The van der Waals surface area contributed by atoms with Gasteiger partial charge in [-0.05, 0) is 30.5 Å². The lowest BCUT2D eigenvalue weighted by atomic mass is 9.95. The zero-order chi connectivity index (χ0) is 24.1. The zero-order valence-electron chi connectivity index (χ0n) is 19.0. The molecule has 0 bridgehead atoms. The fourth-order valence-electron chi connectivity index (χ4n) is 3.85. The number of carboxylic acid groups (broad SMARTS) is 1. The van der Waals surface area contributed by atoms with Crippen LogP contribution in [0.4, 0.5) is 5.13 Å². The largest absolute Gasteiger partial charge is 0.481 e. The van der Waals surface area contributed by atoms with Gasteiger partial charge in [-0.15, -0.1) is 11.3 Å². The number of aromatic nitrogens is 2. The summed E-state index contributed by atoms with van der Waals surface area (Å²) < 4.78 is 0. The maximum atomic E-state index is 13.3. The highest BCUT2D eigenvalue weighted by molar-refractivity contribution is 7.14. The van der Waals surface area contributed by atoms with Crippen molar-refractivity contribution in [1.82, 2.24) is 9.97 Å². The summed E-state index contributed by atoms with van der Waals surface area (Å²) in [6.07, 6.45) is 1.97. The Kier molecular flexibility index (Phi) is 7.13. The average Bonchev–Trinajstić information content (AvgIpc) is 3.34. The number of thiazole rings is 1. The van der Waals surface area contributed by atoms with Crippen LogP contribution in [0.1, 0.15) is 17.7 Å². The predicted molar refractivity (Wildman–Crippen MR) is 135 cm³/mol. The number of rotatable bonds is 8. The molecule has 0 saturated heterocycles. The van der Waals surface area contributed by atoms with Crippen LogP contribution >= 0.6 is 11.3 Å². The molecule has 4 aromatic rings. The highest BCUT2D eigenvalue weighted by atomic mass is 32.1. The molecular formula is C27H25N3O3S. The Morgan fingerprint density at radius 2 is 1.71 bits per heavy atom. The average molecular weight is 472 g/mol. The van der Waals surface area contributed by atoms with Crippen molar-refractivity contribution < 1.29 is 14.7 Å². The minimum absolute atomic E-state index is 0.237. The van der Waals surface area contributed by atoms with Crippen LogP contribution in [0.3, 0.4) is 0 Å². The van der Waals surface area contributed by atoms with Gasteiger partial charge in [0.1, 0.15) is 0 Å². The molecular weight excluding hydrogens is 446 g/mol. The molecule has 0 fully saturated rings. The SMILES string of the molecule is Cc1ccc(-c2ccccc2-c2csc(N(C)C(=O)[C@@H](CC(=O)O)Cc3ccccc3)n2)cn1. The van der Waals surface area contributed by atoms with Crippen molar-refractivity contribution in [2.75, 3.05) is 11.9 Å². The van der Waals surface area contributed by atoms with Crippen LogP contribution in [-0.2, 0) is 16.0 Å². The zero-order valence-corrected chi connectivity index (χ0v) is 19.8. The standard InChI is InChI=1S/C27H25N3O3S/c1-18-12-13-20(16-28-18)22-10-6-7-11-23(22)24-17-34-27(29-24)30(2)26(33)21(15-25(31)32)14-19-8-4-3-5-9-19/h3-13,16-17,21H,14-15H2,1-2H3,(H,31,32)/t21-/m1/s1. The lowest BCUT2D eigenvalue weighted by molar-refractivity contribution is -0.140. The van der Waals surface area contributed by atoms with Gasteiger partial charge < -0.3 is 5.11 Å². The lowest BCUT2D eigenvalue weighted by Crippen LogP contribution is -2.35. The first kappa shape index (κ1) is 23.3. The van der Waals surface area contributed by atoms with E-state index in [0.29, 0.717) is 11.6 Å². The van der Waals surface area contributed by atoms with Crippen LogP contribution in [-0.4, -0.2) is 34.0 Å². The number of carboxylic acids is 1. The van der Waals surface area contributed by atoms with Crippen LogP contribution in [0, 0.1) is 12.8 Å². The van der Waals surface area contributed by atoms with Gasteiger partial charge in [-0.3, -0.25) is 19.5 Å². The highest BCUT2D eigenvalue weighted by Gasteiger charge is 2.27. The third kappa shape index (κ3) is 5.38. The van der Waals surface area contributed by atoms with Crippen molar-refractivity contribution >= 4 is 28.3 Å². The first-order chi connectivity index (χ1) is 16.4. The summed E-state index contributed by atoms with van der Waals surface area (Å²) in [6.45, 7) is 1.95. The van der Waals surface area contributed by atoms with Gasteiger partial charge in [-0.25, -0.2) is 4.98 Å². The normalized spacial score (nSPS) is 11.7. The van der Waals surface area contributed by atoms with Crippen molar-refractivity contribution in [2.45, 2.75) is 19.8 Å². The fraction of sp³-hybridized carbons (Fsp3) is 0.185. The van der Waals surface area contributed by atoms with Crippen molar-refractivity contribution in [3.05, 3.63) is 89.6 Å². The van der Waals surface area contributed by atoms with E-state index in [0.717, 1.165) is 33.6 Å². The molecule has 0 spiro atoms. The molecule has 172 valence electrons. The van der Waals surface area contributed by atoms with E-state index >= 15 is 0 Å². The van der Waals surface area contributed by atoms with E-state index in [9.17, 15) is 14.7 Å². The van der Waals surface area contributed by atoms with Gasteiger partial charge >= 0.3 is 5.97 Å². The van der Waals surface area contributed by atoms with Crippen LogP contribution in [0.15, 0.2) is 78.3 Å². The van der Waals surface area contributed by atoms with Crippen LogP contribution in [0.2, 0.25) is 0 Å². The Morgan fingerprint density at radius 3 is 2.38 bits per heavy atom. The molecule has 1 atom stereocenters. The van der Waals surface area contributed by atoms with Gasteiger partial charge in [0.2, 0.25) is 5.91 Å². The van der Waals surface area contributed by atoms with Gasteiger partial charge in [0.05, 0.1) is 18.0 Å². The summed E-state index contributed by atoms with van der Waals surface area (Å²) in [5.41, 5.74) is 5.58. The number of aryl methyl sites for hydroxylation is 1. The monoisotopic (exact) mass is 471 g/mol. The number of amides is 1. The van der Waals surface area contributed by atoms with Crippen LogP contribution < -0.4 is 4.90 Å². The van der Waals surface area contributed by atoms with Crippen molar-refractivity contribution in [3.63, 3.8) is 0 Å².